The van der Waals surface area contributed by atoms with Crippen LogP contribution in [0.2, 0.25) is 0 Å². The van der Waals surface area contributed by atoms with Gasteiger partial charge in [-0.1, -0.05) is 19.1 Å². The van der Waals surface area contributed by atoms with Gasteiger partial charge in [0.15, 0.2) is 5.96 Å². The van der Waals surface area contributed by atoms with E-state index >= 15 is 0 Å². The minimum atomic E-state index is 0. The molecule has 166 valence electrons. The van der Waals surface area contributed by atoms with E-state index in [9.17, 15) is 0 Å². The summed E-state index contributed by atoms with van der Waals surface area (Å²) in [7, 11) is 3.53. The van der Waals surface area contributed by atoms with Crippen LogP contribution in [0, 0.1) is 5.92 Å². The van der Waals surface area contributed by atoms with Crippen LogP contribution >= 0.6 is 35.3 Å². The van der Waals surface area contributed by atoms with Crippen LogP contribution in [0.1, 0.15) is 35.2 Å². The number of hydrogen-bond acceptors (Lipinski definition) is 5. The van der Waals surface area contributed by atoms with Crippen molar-refractivity contribution in [1.82, 2.24) is 20.5 Å². The van der Waals surface area contributed by atoms with Gasteiger partial charge in [-0.15, -0.1) is 35.3 Å². The van der Waals surface area contributed by atoms with E-state index in [1.165, 1.54) is 23.3 Å². The van der Waals surface area contributed by atoms with Gasteiger partial charge in [0.2, 0.25) is 0 Å². The first kappa shape index (κ1) is 24.9. The summed E-state index contributed by atoms with van der Waals surface area (Å²) >= 11 is 1.77. The number of nitrogens with zero attached hydrogens (tertiary/aromatic N) is 3. The van der Waals surface area contributed by atoms with Gasteiger partial charge in [-0.05, 0) is 56.0 Å². The van der Waals surface area contributed by atoms with Crippen LogP contribution in [0.25, 0.3) is 0 Å². The van der Waals surface area contributed by atoms with Crippen LogP contribution < -0.4 is 15.4 Å². The van der Waals surface area contributed by atoms with Gasteiger partial charge in [0.05, 0.1) is 13.7 Å². The summed E-state index contributed by atoms with van der Waals surface area (Å²) in [5.41, 5.74) is 1.35. The molecule has 0 spiro atoms. The van der Waals surface area contributed by atoms with Crippen molar-refractivity contribution < 1.29 is 4.74 Å². The van der Waals surface area contributed by atoms with Crippen LogP contribution in [0.4, 0.5) is 0 Å². The highest BCUT2D eigenvalue weighted by Crippen LogP contribution is 2.20. The molecule has 30 heavy (non-hydrogen) atoms. The first-order valence-electron chi connectivity index (χ1n) is 10.4. The Morgan fingerprint density at radius 2 is 1.97 bits per heavy atom. The molecule has 0 atom stereocenters. The highest BCUT2D eigenvalue weighted by atomic mass is 127. The fraction of sp³-hybridized carbons (Fsp3) is 0.545. The van der Waals surface area contributed by atoms with E-state index in [2.05, 4.69) is 44.6 Å². The second-order valence-corrected chi connectivity index (χ2v) is 8.65. The molecule has 0 radical (unpaired) electrons. The average molecular weight is 544 g/mol. The van der Waals surface area contributed by atoms with Crippen LogP contribution in [-0.4, -0.2) is 49.6 Å². The number of likely N-dealkylation sites (tertiary alicyclic amines) is 1. The molecule has 3 rings (SSSR count). The molecule has 0 saturated carbocycles. The number of thiazole rings is 1. The maximum atomic E-state index is 5.24. The summed E-state index contributed by atoms with van der Waals surface area (Å²) in [6.07, 6.45) is 5.44. The molecule has 2 heterocycles. The van der Waals surface area contributed by atoms with E-state index in [0.717, 1.165) is 55.9 Å². The van der Waals surface area contributed by atoms with Gasteiger partial charge in [0, 0.05) is 31.2 Å². The van der Waals surface area contributed by atoms with Crippen LogP contribution in [0.15, 0.2) is 35.5 Å². The van der Waals surface area contributed by atoms with Crippen molar-refractivity contribution in [2.75, 3.05) is 33.8 Å². The highest BCUT2D eigenvalue weighted by Gasteiger charge is 2.19. The Balaban J connectivity index is 0.00000320. The average Bonchev–Trinajstić information content (AvgIpc) is 3.23. The van der Waals surface area contributed by atoms with E-state index in [-0.39, 0.29) is 24.0 Å². The standard InChI is InChI=1S/C22H33N5OS.HI/c1-4-20-14-24-21(29-20)15-26-22(23-2)25-13-17-9-11-27(12-10-17)16-18-5-7-19(28-3)8-6-18;/h5-8,14,17H,4,9-13,15-16H2,1-3H3,(H2,23,25,26);1H. The van der Waals surface area contributed by atoms with Crippen molar-refractivity contribution in [3.05, 3.63) is 45.9 Å². The number of methoxy groups -OCH3 is 1. The molecule has 0 aliphatic carbocycles. The third-order valence-corrected chi connectivity index (χ3v) is 6.55. The number of hydrogen-bond donors (Lipinski definition) is 2. The maximum Gasteiger partial charge on any atom is 0.191 e. The number of halogens is 1. The summed E-state index contributed by atoms with van der Waals surface area (Å²) < 4.78 is 5.24. The molecule has 2 aromatic rings. The minimum Gasteiger partial charge on any atom is -0.497 e. The minimum absolute atomic E-state index is 0. The molecule has 1 aliphatic heterocycles. The number of aryl methyl sites for hydroxylation is 1. The molecule has 6 nitrogen and oxygen atoms in total. The SMILES string of the molecule is CCc1cnc(CNC(=NC)NCC2CCN(Cc3ccc(OC)cc3)CC2)s1.I. The molecule has 1 saturated heterocycles. The maximum absolute atomic E-state index is 5.24. The number of benzene rings is 1. The third-order valence-electron chi connectivity index (χ3n) is 5.41. The summed E-state index contributed by atoms with van der Waals surface area (Å²) in [4.78, 5) is 12.7. The second kappa shape index (κ2) is 13.1. The molecule has 1 aromatic carbocycles. The lowest BCUT2D eigenvalue weighted by molar-refractivity contribution is 0.178. The zero-order chi connectivity index (χ0) is 20.5. The van der Waals surface area contributed by atoms with E-state index < -0.39 is 0 Å². The molecule has 8 heteroatoms. The monoisotopic (exact) mass is 543 g/mol. The number of rotatable bonds is 8. The number of piperidine rings is 1. The van der Waals surface area contributed by atoms with Crippen molar-refractivity contribution in [3.8, 4) is 5.75 Å². The fourth-order valence-electron chi connectivity index (χ4n) is 3.55. The van der Waals surface area contributed by atoms with Crippen LogP contribution in [-0.2, 0) is 19.5 Å². The van der Waals surface area contributed by atoms with Crippen molar-refractivity contribution in [1.29, 1.82) is 0 Å². The number of aromatic nitrogens is 1. The summed E-state index contributed by atoms with van der Waals surface area (Å²) in [6.45, 7) is 7.15. The molecule has 1 aliphatic rings. The summed E-state index contributed by atoms with van der Waals surface area (Å²) in [5, 5.41) is 7.98. The third kappa shape index (κ3) is 7.70. The predicted molar refractivity (Wildman–Crippen MR) is 136 cm³/mol. The van der Waals surface area contributed by atoms with Gasteiger partial charge < -0.3 is 15.4 Å². The van der Waals surface area contributed by atoms with Gasteiger partial charge in [0.1, 0.15) is 10.8 Å². The number of nitrogens with one attached hydrogen (secondary N) is 2. The number of ether oxygens (including phenoxy) is 1. The molecule has 1 fully saturated rings. The summed E-state index contributed by atoms with van der Waals surface area (Å²) in [6, 6.07) is 8.40. The second-order valence-electron chi connectivity index (χ2n) is 7.45. The molecule has 0 bridgehead atoms. The normalized spacial score (nSPS) is 15.5. The highest BCUT2D eigenvalue weighted by molar-refractivity contribution is 14.0. The van der Waals surface area contributed by atoms with Gasteiger partial charge in [0.25, 0.3) is 0 Å². The van der Waals surface area contributed by atoms with Gasteiger partial charge >= 0.3 is 0 Å². The Hall–Kier alpha value is -1.39. The lowest BCUT2D eigenvalue weighted by Crippen LogP contribution is -2.42. The largest absolute Gasteiger partial charge is 0.497 e. The quantitative estimate of drug-likeness (QED) is 0.301. The Kier molecular flexibility index (Phi) is 10.9. The molecule has 0 amide bonds. The molecule has 1 aromatic heterocycles. The number of guanidine groups is 1. The van der Waals surface area contributed by atoms with Crippen molar-refractivity contribution >= 4 is 41.3 Å². The first-order valence-corrected chi connectivity index (χ1v) is 11.2. The van der Waals surface area contributed by atoms with E-state index in [0.29, 0.717) is 5.92 Å². The summed E-state index contributed by atoms with van der Waals surface area (Å²) in [5.74, 6) is 2.47. The molecule has 2 N–H and O–H groups in total. The van der Waals surface area contributed by atoms with Gasteiger partial charge in [-0.2, -0.15) is 0 Å². The Morgan fingerprint density at radius 1 is 1.23 bits per heavy atom. The Morgan fingerprint density at radius 3 is 2.57 bits per heavy atom. The van der Waals surface area contributed by atoms with Crippen LogP contribution in [0.5, 0.6) is 5.75 Å². The lowest BCUT2D eigenvalue weighted by Gasteiger charge is -2.32. The van der Waals surface area contributed by atoms with Gasteiger partial charge in [-0.3, -0.25) is 9.89 Å². The van der Waals surface area contributed by atoms with Crippen molar-refractivity contribution in [3.63, 3.8) is 0 Å². The topological polar surface area (TPSA) is 61.8 Å². The van der Waals surface area contributed by atoms with Gasteiger partial charge in [-0.25, -0.2) is 4.98 Å². The predicted octanol–water partition coefficient (Wildman–Crippen LogP) is 3.91. The molecular weight excluding hydrogens is 509 g/mol. The number of aliphatic imine (C=N–C) groups is 1. The van der Waals surface area contributed by atoms with E-state index in [1.54, 1.807) is 18.4 Å². The van der Waals surface area contributed by atoms with E-state index in [1.807, 2.05) is 25.4 Å². The Bertz CT molecular complexity index is 772. The van der Waals surface area contributed by atoms with Crippen molar-refractivity contribution in [2.45, 2.75) is 39.3 Å². The van der Waals surface area contributed by atoms with Crippen LogP contribution in [0.3, 0.4) is 0 Å². The fourth-order valence-corrected chi connectivity index (χ4v) is 4.35. The first-order chi connectivity index (χ1) is 14.2. The molecular formula is C22H34IN5OS. The smallest absolute Gasteiger partial charge is 0.191 e. The Labute approximate surface area is 201 Å². The zero-order valence-corrected chi connectivity index (χ0v) is 21.3. The lowest BCUT2D eigenvalue weighted by atomic mass is 9.96. The van der Waals surface area contributed by atoms with E-state index in [4.69, 9.17) is 4.74 Å². The zero-order valence-electron chi connectivity index (χ0n) is 18.2. The molecule has 0 unspecified atom stereocenters. The van der Waals surface area contributed by atoms with Crippen molar-refractivity contribution in [2.24, 2.45) is 10.9 Å².